The van der Waals surface area contributed by atoms with Gasteiger partial charge in [-0.1, -0.05) is 26.0 Å². The van der Waals surface area contributed by atoms with E-state index in [2.05, 4.69) is 12.2 Å². The zero-order valence-corrected chi connectivity index (χ0v) is 12.1. The van der Waals surface area contributed by atoms with Crippen molar-refractivity contribution in [2.24, 2.45) is 0 Å². The predicted octanol–water partition coefficient (Wildman–Crippen LogP) is 2.21. The lowest BCUT2D eigenvalue weighted by Crippen LogP contribution is -2.42. The fourth-order valence-electron chi connectivity index (χ4n) is 1.58. The molecule has 1 atom stereocenters. The third-order valence-electron chi connectivity index (χ3n) is 2.61. The Bertz CT molecular complexity index is 366. The van der Waals surface area contributed by atoms with Crippen molar-refractivity contribution >= 4 is 0 Å². The Morgan fingerprint density at radius 1 is 1.16 bits per heavy atom. The summed E-state index contributed by atoms with van der Waals surface area (Å²) in [6.07, 6.45) is 0.951. The van der Waals surface area contributed by atoms with Crippen LogP contribution in [-0.2, 0) is 0 Å². The molecule has 2 N–H and O–H groups in total. The first-order chi connectivity index (χ1) is 9.09. The van der Waals surface area contributed by atoms with E-state index in [0.29, 0.717) is 18.9 Å². The molecule has 1 rings (SSSR count). The van der Waals surface area contributed by atoms with Gasteiger partial charge in [0.2, 0.25) is 0 Å². The Morgan fingerprint density at radius 2 is 1.79 bits per heavy atom. The molecule has 0 fully saturated rings. The van der Waals surface area contributed by atoms with Gasteiger partial charge in [0, 0.05) is 6.54 Å². The van der Waals surface area contributed by atoms with Gasteiger partial charge in [0.15, 0.2) is 11.5 Å². The van der Waals surface area contributed by atoms with Gasteiger partial charge in [-0.25, -0.2) is 0 Å². The highest BCUT2D eigenvalue weighted by Crippen LogP contribution is 2.27. The first-order valence-corrected chi connectivity index (χ1v) is 6.86. The van der Waals surface area contributed by atoms with Gasteiger partial charge >= 0.3 is 0 Å². The summed E-state index contributed by atoms with van der Waals surface area (Å²) in [5.74, 6) is 1.40. The van der Waals surface area contributed by atoms with Crippen LogP contribution in [-0.4, -0.2) is 37.0 Å². The van der Waals surface area contributed by atoms with Gasteiger partial charge < -0.3 is 19.9 Å². The third-order valence-corrected chi connectivity index (χ3v) is 2.61. The number of para-hydroxylation sites is 2. The van der Waals surface area contributed by atoms with Gasteiger partial charge in [0.25, 0.3) is 0 Å². The van der Waals surface area contributed by atoms with E-state index in [0.717, 1.165) is 18.7 Å². The summed E-state index contributed by atoms with van der Waals surface area (Å²) in [5, 5.41) is 13.3. The van der Waals surface area contributed by atoms with Crippen LogP contribution in [0.5, 0.6) is 11.5 Å². The van der Waals surface area contributed by atoms with Crippen LogP contribution in [0.15, 0.2) is 24.3 Å². The minimum Gasteiger partial charge on any atom is -0.490 e. The molecular weight excluding hydrogens is 242 g/mol. The van der Waals surface area contributed by atoms with Gasteiger partial charge in [0.05, 0.1) is 6.61 Å². The molecule has 0 amide bonds. The van der Waals surface area contributed by atoms with Gasteiger partial charge in [-0.3, -0.25) is 0 Å². The highest BCUT2D eigenvalue weighted by Gasteiger charge is 2.21. The number of aliphatic hydroxyl groups is 1. The summed E-state index contributed by atoms with van der Waals surface area (Å²) in [5.41, 5.74) is -0.895. The molecule has 0 bridgehead atoms. The van der Waals surface area contributed by atoms with Gasteiger partial charge in [-0.15, -0.1) is 0 Å². The van der Waals surface area contributed by atoms with E-state index >= 15 is 0 Å². The standard InChI is InChI=1S/C15H25NO3/c1-4-10-18-13-8-6-7-9-14(13)19-12-15(3,17)11-16-5-2/h6-9,16-17H,4-5,10-12H2,1-3H3. The summed E-state index contributed by atoms with van der Waals surface area (Å²) in [4.78, 5) is 0. The van der Waals surface area contributed by atoms with Crippen LogP contribution in [0.3, 0.4) is 0 Å². The van der Waals surface area contributed by atoms with Crippen molar-refractivity contribution in [3.05, 3.63) is 24.3 Å². The van der Waals surface area contributed by atoms with Crippen LogP contribution in [0.1, 0.15) is 27.2 Å². The van der Waals surface area contributed by atoms with Crippen LogP contribution in [0, 0.1) is 0 Å². The lowest BCUT2D eigenvalue weighted by Gasteiger charge is -2.24. The topological polar surface area (TPSA) is 50.7 Å². The van der Waals surface area contributed by atoms with Crippen molar-refractivity contribution in [1.82, 2.24) is 5.32 Å². The Balaban J connectivity index is 2.56. The summed E-state index contributed by atoms with van der Waals surface area (Å²) >= 11 is 0. The van der Waals surface area contributed by atoms with Crippen molar-refractivity contribution in [3.63, 3.8) is 0 Å². The zero-order chi connectivity index (χ0) is 14.1. The lowest BCUT2D eigenvalue weighted by atomic mass is 10.1. The van der Waals surface area contributed by atoms with Gasteiger partial charge in [-0.2, -0.15) is 0 Å². The molecule has 4 heteroatoms. The molecule has 1 aromatic carbocycles. The lowest BCUT2D eigenvalue weighted by molar-refractivity contribution is 0.0118. The molecule has 0 saturated heterocycles. The Morgan fingerprint density at radius 3 is 2.37 bits per heavy atom. The molecule has 108 valence electrons. The smallest absolute Gasteiger partial charge is 0.161 e. The van der Waals surface area contributed by atoms with Crippen LogP contribution in [0.2, 0.25) is 0 Å². The third kappa shape index (κ3) is 5.94. The molecule has 0 aliphatic rings. The highest BCUT2D eigenvalue weighted by molar-refractivity contribution is 5.39. The maximum absolute atomic E-state index is 10.1. The average Bonchev–Trinajstić information content (AvgIpc) is 2.41. The molecule has 19 heavy (non-hydrogen) atoms. The number of likely N-dealkylation sites (N-methyl/N-ethyl adjacent to an activating group) is 1. The quantitative estimate of drug-likeness (QED) is 0.720. The van der Waals surface area contributed by atoms with E-state index in [-0.39, 0.29) is 6.61 Å². The van der Waals surface area contributed by atoms with Gasteiger partial charge in [-0.05, 0) is 32.0 Å². The fraction of sp³-hybridized carbons (Fsp3) is 0.600. The second kappa shape index (κ2) is 8.02. The summed E-state index contributed by atoms with van der Waals surface area (Å²) in [6.45, 7) is 8.04. The SMILES string of the molecule is CCCOc1ccccc1OCC(C)(O)CNCC. The number of nitrogens with one attached hydrogen (secondary N) is 1. The van der Waals surface area contributed by atoms with E-state index in [4.69, 9.17) is 9.47 Å². The van der Waals surface area contributed by atoms with Crippen molar-refractivity contribution in [2.75, 3.05) is 26.3 Å². The van der Waals surface area contributed by atoms with Crippen LogP contribution in [0.25, 0.3) is 0 Å². The number of hydrogen-bond acceptors (Lipinski definition) is 4. The molecule has 0 aromatic heterocycles. The average molecular weight is 267 g/mol. The van der Waals surface area contributed by atoms with Crippen LogP contribution in [0.4, 0.5) is 0 Å². The van der Waals surface area contributed by atoms with Crippen molar-refractivity contribution < 1.29 is 14.6 Å². The van der Waals surface area contributed by atoms with E-state index in [1.165, 1.54) is 0 Å². The minimum atomic E-state index is -0.895. The van der Waals surface area contributed by atoms with Crippen molar-refractivity contribution in [3.8, 4) is 11.5 Å². The number of ether oxygens (including phenoxy) is 2. The molecule has 1 aromatic rings. The largest absolute Gasteiger partial charge is 0.490 e. The van der Waals surface area contributed by atoms with Crippen molar-refractivity contribution in [2.45, 2.75) is 32.8 Å². The monoisotopic (exact) mass is 267 g/mol. The normalized spacial score (nSPS) is 13.9. The fourth-order valence-corrected chi connectivity index (χ4v) is 1.58. The Kier molecular flexibility index (Phi) is 6.67. The molecule has 1 unspecified atom stereocenters. The van der Waals surface area contributed by atoms with E-state index in [1.54, 1.807) is 6.92 Å². The zero-order valence-electron chi connectivity index (χ0n) is 12.1. The first-order valence-electron chi connectivity index (χ1n) is 6.86. The maximum atomic E-state index is 10.1. The molecule has 0 heterocycles. The molecule has 0 aliphatic carbocycles. The Labute approximate surface area is 115 Å². The second-order valence-electron chi connectivity index (χ2n) is 4.86. The van der Waals surface area contributed by atoms with Crippen molar-refractivity contribution in [1.29, 1.82) is 0 Å². The predicted molar refractivity (Wildman–Crippen MR) is 76.9 cm³/mol. The van der Waals surface area contributed by atoms with Crippen LogP contribution >= 0.6 is 0 Å². The number of hydrogen-bond donors (Lipinski definition) is 2. The number of rotatable bonds is 9. The molecule has 0 saturated carbocycles. The summed E-state index contributed by atoms with van der Waals surface area (Å²) in [6, 6.07) is 7.54. The number of benzene rings is 1. The van der Waals surface area contributed by atoms with E-state index < -0.39 is 5.60 Å². The summed E-state index contributed by atoms with van der Waals surface area (Å²) < 4.78 is 11.3. The first kappa shape index (κ1) is 15.8. The van der Waals surface area contributed by atoms with Crippen LogP contribution < -0.4 is 14.8 Å². The molecule has 0 spiro atoms. The maximum Gasteiger partial charge on any atom is 0.161 e. The van der Waals surface area contributed by atoms with E-state index in [9.17, 15) is 5.11 Å². The molecular formula is C15H25NO3. The minimum absolute atomic E-state index is 0.229. The molecule has 0 radical (unpaired) electrons. The Hall–Kier alpha value is -1.26. The molecule has 4 nitrogen and oxygen atoms in total. The second-order valence-corrected chi connectivity index (χ2v) is 4.86. The highest BCUT2D eigenvalue weighted by atomic mass is 16.5. The molecule has 0 aliphatic heterocycles. The van der Waals surface area contributed by atoms with E-state index in [1.807, 2.05) is 31.2 Å². The summed E-state index contributed by atoms with van der Waals surface area (Å²) in [7, 11) is 0. The van der Waals surface area contributed by atoms with Gasteiger partial charge in [0.1, 0.15) is 12.2 Å².